The number of benzene rings is 1. The average molecular weight is 340 g/mol. The molecule has 0 bridgehead atoms. The summed E-state index contributed by atoms with van der Waals surface area (Å²) in [6.07, 6.45) is 1.25. The number of carbonyl (C=O) groups is 1. The van der Waals surface area contributed by atoms with E-state index < -0.39 is 9.84 Å². The zero-order valence-corrected chi connectivity index (χ0v) is 14.5. The van der Waals surface area contributed by atoms with Gasteiger partial charge in [0.05, 0.1) is 5.75 Å². The Morgan fingerprint density at radius 2 is 1.83 bits per heavy atom. The Labute approximate surface area is 137 Å². The minimum Gasteiger partial charge on any atom is -0.484 e. The number of amides is 1. The standard InChI is InChI=1S/C16H24N2O4S/c1-14-5-3-4-6-15(14)22-13-16(19)18-9-7-17(8-10-18)11-12-23(2,20)21/h3-6H,7-13H2,1-2H3. The maximum Gasteiger partial charge on any atom is 0.260 e. The predicted molar refractivity (Wildman–Crippen MR) is 89.4 cm³/mol. The van der Waals surface area contributed by atoms with Crippen molar-refractivity contribution >= 4 is 15.7 Å². The monoisotopic (exact) mass is 340 g/mol. The third kappa shape index (κ3) is 5.84. The first-order valence-electron chi connectivity index (χ1n) is 7.71. The van der Waals surface area contributed by atoms with Gasteiger partial charge in [-0.25, -0.2) is 8.42 Å². The van der Waals surface area contributed by atoms with Gasteiger partial charge in [0.1, 0.15) is 15.6 Å². The molecule has 128 valence electrons. The smallest absolute Gasteiger partial charge is 0.260 e. The molecular weight excluding hydrogens is 316 g/mol. The summed E-state index contributed by atoms with van der Waals surface area (Å²) in [5.41, 5.74) is 1.01. The van der Waals surface area contributed by atoms with Gasteiger partial charge in [-0.15, -0.1) is 0 Å². The molecule has 0 unspecified atom stereocenters. The van der Waals surface area contributed by atoms with E-state index in [2.05, 4.69) is 4.90 Å². The lowest BCUT2D eigenvalue weighted by Gasteiger charge is -2.34. The fourth-order valence-electron chi connectivity index (χ4n) is 2.46. The van der Waals surface area contributed by atoms with Crippen LogP contribution in [0.5, 0.6) is 5.75 Å². The van der Waals surface area contributed by atoms with Crippen molar-refractivity contribution in [2.45, 2.75) is 6.92 Å². The van der Waals surface area contributed by atoms with Crippen LogP contribution in [0.2, 0.25) is 0 Å². The van der Waals surface area contributed by atoms with Crippen molar-refractivity contribution < 1.29 is 17.9 Å². The molecule has 1 fully saturated rings. The lowest BCUT2D eigenvalue weighted by atomic mass is 10.2. The molecule has 0 N–H and O–H groups in total. The summed E-state index contributed by atoms with van der Waals surface area (Å²) in [5.74, 6) is 0.862. The van der Waals surface area contributed by atoms with Crippen LogP contribution in [0, 0.1) is 6.92 Å². The lowest BCUT2D eigenvalue weighted by molar-refractivity contribution is -0.135. The van der Waals surface area contributed by atoms with Gasteiger partial charge < -0.3 is 9.64 Å². The molecule has 1 aliphatic heterocycles. The van der Waals surface area contributed by atoms with Crippen molar-refractivity contribution in [2.24, 2.45) is 0 Å². The molecule has 0 aromatic heterocycles. The Balaban J connectivity index is 1.74. The molecule has 0 aliphatic carbocycles. The number of ether oxygens (including phenoxy) is 1. The Morgan fingerprint density at radius 3 is 2.43 bits per heavy atom. The Bertz CT molecular complexity index is 637. The van der Waals surface area contributed by atoms with Gasteiger partial charge in [-0.05, 0) is 18.6 Å². The topological polar surface area (TPSA) is 66.9 Å². The van der Waals surface area contributed by atoms with Crippen LogP contribution in [0.4, 0.5) is 0 Å². The zero-order valence-electron chi connectivity index (χ0n) is 13.7. The Kier molecular flexibility index (Phi) is 6.01. The van der Waals surface area contributed by atoms with E-state index in [9.17, 15) is 13.2 Å². The highest BCUT2D eigenvalue weighted by Crippen LogP contribution is 2.16. The maximum absolute atomic E-state index is 12.2. The van der Waals surface area contributed by atoms with Crippen molar-refractivity contribution in [3.8, 4) is 5.75 Å². The van der Waals surface area contributed by atoms with E-state index in [-0.39, 0.29) is 18.3 Å². The lowest BCUT2D eigenvalue weighted by Crippen LogP contribution is -2.50. The molecule has 6 nitrogen and oxygen atoms in total. The molecule has 1 heterocycles. The van der Waals surface area contributed by atoms with E-state index in [1.165, 1.54) is 6.26 Å². The molecule has 2 rings (SSSR count). The molecule has 0 spiro atoms. The maximum atomic E-state index is 12.2. The predicted octanol–water partition coefficient (Wildman–Crippen LogP) is 0.563. The van der Waals surface area contributed by atoms with Gasteiger partial charge in [-0.1, -0.05) is 18.2 Å². The van der Waals surface area contributed by atoms with Gasteiger partial charge in [0.25, 0.3) is 5.91 Å². The first-order chi connectivity index (χ1) is 10.8. The summed E-state index contributed by atoms with van der Waals surface area (Å²) in [4.78, 5) is 16.0. The van der Waals surface area contributed by atoms with E-state index in [0.717, 1.165) is 11.3 Å². The highest BCUT2D eigenvalue weighted by molar-refractivity contribution is 7.90. The van der Waals surface area contributed by atoms with Crippen LogP contribution in [-0.4, -0.2) is 75.5 Å². The molecule has 0 saturated carbocycles. The Morgan fingerprint density at radius 1 is 1.17 bits per heavy atom. The van der Waals surface area contributed by atoms with Gasteiger partial charge in [0, 0.05) is 39.0 Å². The fourth-order valence-corrected chi connectivity index (χ4v) is 3.05. The second kappa shape index (κ2) is 7.79. The van der Waals surface area contributed by atoms with E-state index in [0.29, 0.717) is 32.7 Å². The quantitative estimate of drug-likeness (QED) is 0.757. The summed E-state index contributed by atoms with van der Waals surface area (Å²) in [5, 5.41) is 0. The second-order valence-corrected chi connectivity index (χ2v) is 8.17. The minimum atomic E-state index is -2.94. The van der Waals surface area contributed by atoms with Crippen LogP contribution in [-0.2, 0) is 14.6 Å². The van der Waals surface area contributed by atoms with E-state index in [1.54, 1.807) is 4.90 Å². The Hall–Kier alpha value is -1.60. The third-order valence-electron chi connectivity index (χ3n) is 3.95. The van der Waals surface area contributed by atoms with Gasteiger partial charge in [0.2, 0.25) is 0 Å². The average Bonchev–Trinajstić information content (AvgIpc) is 2.52. The van der Waals surface area contributed by atoms with Gasteiger partial charge in [-0.3, -0.25) is 9.69 Å². The van der Waals surface area contributed by atoms with E-state index >= 15 is 0 Å². The second-order valence-electron chi connectivity index (χ2n) is 5.91. The summed E-state index contributed by atoms with van der Waals surface area (Å²) in [6.45, 7) is 5.13. The molecule has 0 atom stereocenters. The van der Waals surface area contributed by atoms with Crippen LogP contribution >= 0.6 is 0 Å². The van der Waals surface area contributed by atoms with Crippen LogP contribution in [0.15, 0.2) is 24.3 Å². The number of piperazine rings is 1. The van der Waals surface area contributed by atoms with Crippen molar-refractivity contribution in [3.05, 3.63) is 29.8 Å². The molecule has 23 heavy (non-hydrogen) atoms. The highest BCUT2D eigenvalue weighted by Gasteiger charge is 2.22. The molecule has 1 aromatic carbocycles. The molecule has 1 aromatic rings. The zero-order chi connectivity index (χ0) is 16.9. The van der Waals surface area contributed by atoms with Gasteiger partial charge in [-0.2, -0.15) is 0 Å². The number of hydrogen-bond donors (Lipinski definition) is 0. The number of rotatable bonds is 6. The summed E-state index contributed by atoms with van der Waals surface area (Å²) < 4.78 is 28.0. The number of sulfone groups is 1. The first kappa shape index (κ1) is 17.7. The van der Waals surface area contributed by atoms with Gasteiger partial charge in [0.15, 0.2) is 6.61 Å². The highest BCUT2D eigenvalue weighted by atomic mass is 32.2. The normalized spacial score (nSPS) is 16.3. The van der Waals surface area contributed by atoms with Crippen LogP contribution in [0.3, 0.4) is 0 Å². The summed E-state index contributed by atoms with van der Waals surface area (Å²) in [6, 6.07) is 7.61. The largest absolute Gasteiger partial charge is 0.484 e. The van der Waals surface area contributed by atoms with E-state index in [1.807, 2.05) is 31.2 Å². The summed E-state index contributed by atoms with van der Waals surface area (Å²) >= 11 is 0. The van der Waals surface area contributed by atoms with Crippen LogP contribution < -0.4 is 4.74 Å². The number of carbonyl (C=O) groups excluding carboxylic acids is 1. The minimum absolute atomic E-state index is 0.0315. The van der Waals surface area contributed by atoms with E-state index in [4.69, 9.17) is 4.74 Å². The molecule has 0 radical (unpaired) electrons. The number of aryl methyl sites for hydroxylation is 1. The van der Waals surface area contributed by atoms with Crippen LogP contribution in [0.1, 0.15) is 5.56 Å². The molecule has 1 saturated heterocycles. The number of nitrogens with zero attached hydrogens (tertiary/aromatic N) is 2. The number of hydrogen-bond acceptors (Lipinski definition) is 5. The van der Waals surface area contributed by atoms with Crippen molar-refractivity contribution in [1.29, 1.82) is 0 Å². The third-order valence-corrected chi connectivity index (χ3v) is 4.87. The number of para-hydroxylation sites is 1. The molecule has 7 heteroatoms. The molecule has 1 amide bonds. The van der Waals surface area contributed by atoms with Crippen LogP contribution in [0.25, 0.3) is 0 Å². The first-order valence-corrected chi connectivity index (χ1v) is 9.77. The fraction of sp³-hybridized carbons (Fsp3) is 0.562. The summed E-state index contributed by atoms with van der Waals surface area (Å²) in [7, 11) is -2.94. The van der Waals surface area contributed by atoms with Gasteiger partial charge >= 0.3 is 0 Å². The van der Waals surface area contributed by atoms with Crippen molar-refractivity contribution in [2.75, 3.05) is 51.3 Å². The molecule has 1 aliphatic rings. The van der Waals surface area contributed by atoms with Crippen molar-refractivity contribution in [3.63, 3.8) is 0 Å². The SMILES string of the molecule is Cc1ccccc1OCC(=O)N1CCN(CCS(C)(=O)=O)CC1. The molecular formula is C16H24N2O4S. The van der Waals surface area contributed by atoms with Crippen molar-refractivity contribution in [1.82, 2.24) is 9.80 Å².